The summed E-state index contributed by atoms with van der Waals surface area (Å²) in [4.78, 5) is 21.4. The van der Waals surface area contributed by atoms with Crippen LogP contribution < -0.4 is 10.2 Å². The zero-order valence-electron chi connectivity index (χ0n) is 18.6. The molecule has 10 heteroatoms. The molecule has 2 saturated heterocycles. The van der Waals surface area contributed by atoms with E-state index >= 15 is 0 Å². The number of carbonyl (C=O) groups is 1. The van der Waals surface area contributed by atoms with Crippen LogP contribution in [0.15, 0.2) is 42.6 Å². The number of thiophene rings is 1. The highest BCUT2D eigenvalue weighted by Crippen LogP contribution is 2.35. The molecule has 34 heavy (non-hydrogen) atoms. The molecule has 1 unspecified atom stereocenters. The van der Waals surface area contributed by atoms with E-state index < -0.39 is 0 Å². The van der Waals surface area contributed by atoms with E-state index in [0.717, 1.165) is 77.4 Å². The van der Waals surface area contributed by atoms with Crippen molar-refractivity contribution in [3.8, 4) is 11.3 Å². The average Bonchev–Trinajstić information content (AvgIpc) is 3.61. The number of carbonyl (C=O) groups excluding carboxylic acids is 1. The van der Waals surface area contributed by atoms with Crippen LogP contribution in [-0.4, -0.2) is 53.6 Å². The molecule has 0 radical (unpaired) electrons. The average molecular weight is 496 g/mol. The van der Waals surface area contributed by atoms with Crippen molar-refractivity contribution in [2.45, 2.75) is 25.5 Å². The van der Waals surface area contributed by atoms with E-state index in [9.17, 15) is 4.79 Å². The highest BCUT2D eigenvalue weighted by Gasteiger charge is 2.19. The Morgan fingerprint density at radius 2 is 1.91 bits per heavy atom. The molecule has 1 aromatic carbocycles. The molecule has 4 aromatic rings. The standard InChI is InChI=1S/C24H25N5O3S2/c30-22(19-15-20-23(33-19)26-24(34-20)28-10-13-31-14-11-28)25-17-6-4-16(5-7-17)18-8-9-29(27-18)21-3-1-2-12-32-21/h4-9,15,21H,1-3,10-14H2,(H,25,30). The number of nitrogens with zero attached hydrogens (tertiary/aromatic N) is 4. The predicted octanol–water partition coefficient (Wildman–Crippen LogP) is 5.01. The molecule has 2 aliphatic rings. The number of rotatable bonds is 5. The van der Waals surface area contributed by atoms with Gasteiger partial charge in [-0.15, -0.1) is 11.3 Å². The Labute approximate surface area is 205 Å². The Morgan fingerprint density at radius 3 is 2.68 bits per heavy atom. The van der Waals surface area contributed by atoms with Crippen LogP contribution in [0.2, 0.25) is 0 Å². The smallest absolute Gasteiger partial charge is 0.265 e. The van der Waals surface area contributed by atoms with Crippen molar-refractivity contribution in [2.24, 2.45) is 0 Å². The number of ether oxygens (including phenoxy) is 2. The SMILES string of the molecule is O=C(Nc1ccc(-c2ccn(C3CCCCO3)n2)cc1)c1cc2sc(N3CCOCC3)nc2s1. The lowest BCUT2D eigenvalue weighted by Crippen LogP contribution is -2.36. The molecule has 8 nitrogen and oxygen atoms in total. The van der Waals surface area contributed by atoms with Crippen LogP contribution in [0.3, 0.4) is 0 Å². The van der Waals surface area contributed by atoms with Gasteiger partial charge in [0.2, 0.25) is 0 Å². The fourth-order valence-corrected chi connectivity index (χ4v) is 6.39. The molecule has 176 valence electrons. The molecule has 1 atom stereocenters. The molecule has 3 aromatic heterocycles. The summed E-state index contributed by atoms with van der Waals surface area (Å²) < 4.78 is 14.2. The van der Waals surface area contributed by atoms with Crippen LogP contribution in [0, 0.1) is 0 Å². The van der Waals surface area contributed by atoms with Gasteiger partial charge >= 0.3 is 0 Å². The summed E-state index contributed by atoms with van der Waals surface area (Å²) in [5.41, 5.74) is 2.65. The summed E-state index contributed by atoms with van der Waals surface area (Å²) >= 11 is 3.06. The van der Waals surface area contributed by atoms with E-state index in [2.05, 4.69) is 10.2 Å². The first-order valence-corrected chi connectivity index (χ1v) is 13.2. The maximum absolute atomic E-state index is 12.8. The van der Waals surface area contributed by atoms with Crippen molar-refractivity contribution >= 4 is 48.9 Å². The third kappa shape index (κ3) is 4.46. The van der Waals surface area contributed by atoms with Gasteiger partial charge in [-0.1, -0.05) is 23.5 Å². The van der Waals surface area contributed by atoms with E-state index in [0.29, 0.717) is 4.88 Å². The van der Waals surface area contributed by atoms with E-state index in [1.54, 1.807) is 11.3 Å². The lowest BCUT2D eigenvalue weighted by Gasteiger charge is -2.25. The van der Waals surface area contributed by atoms with Gasteiger partial charge in [-0.3, -0.25) is 4.79 Å². The second-order valence-electron chi connectivity index (χ2n) is 8.41. The van der Waals surface area contributed by atoms with Gasteiger partial charge in [0.05, 0.1) is 28.5 Å². The maximum atomic E-state index is 12.8. The first kappa shape index (κ1) is 21.7. The van der Waals surface area contributed by atoms with Crippen LogP contribution in [0.25, 0.3) is 20.8 Å². The van der Waals surface area contributed by atoms with E-state index in [1.807, 2.05) is 47.3 Å². The van der Waals surface area contributed by atoms with Crippen LogP contribution in [-0.2, 0) is 9.47 Å². The molecular formula is C24H25N5O3S2. The number of fused-ring (bicyclic) bond motifs is 1. The van der Waals surface area contributed by atoms with Crippen molar-refractivity contribution < 1.29 is 14.3 Å². The lowest BCUT2D eigenvalue weighted by molar-refractivity contribution is -0.0393. The Bertz CT molecular complexity index is 1250. The zero-order chi connectivity index (χ0) is 22.9. The summed E-state index contributed by atoms with van der Waals surface area (Å²) in [5, 5.41) is 8.69. The number of nitrogens with one attached hydrogen (secondary N) is 1. The quantitative estimate of drug-likeness (QED) is 0.419. The predicted molar refractivity (Wildman–Crippen MR) is 135 cm³/mol. The third-order valence-corrected chi connectivity index (χ3v) is 8.30. The van der Waals surface area contributed by atoms with Gasteiger partial charge in [-0.25, -0.2) is 9.67 Å². The molecule has 6 rings (SSSR count). The molecule has 2 fully saturated rings. The molecule has 0 aliphatic carbocycles. The molecule has 1 N–H and O–H groups in total. The molecule has 0 spiro atoms. The van der Waals surface area contributed by atoms with Crippen LogP contribution >= 0.6 is 22.7 Å². The minimum atomic E-state index is -0.116. The Kier molecular flexibility index (Phi) is 6.04. The Hall–Kier alpha value is -2.79. The number of morpholine rings is 1. The topological polar surface area (TPSA) is 81.5 Å². The van der Waals surface area contributed by atoms with Gasteiger partial charge in [-0.05, 0) is 43.5 Å². The van der Waals surface area contributed by atoms with Gasteiger partial charge in [0.25, 0.3) is 5.91 Å². The van der Waals surface area contributed by atoms with Crippen LogP contribution in [0.5, 0.6) is 0 Å². The highest BCUT2D eigenvalue weighted by molar-refractivity contribution is 7.29. The summed E-state index contributed by atoms with van der Waals surface area (Å²) in [6.45, 7) is 3.98. The summed E-state index contributed by atoms with van der Waals surface area (Å²) in [6, 6.07) is 11.7. The van der Waals surface area contributed by atoms with Crippen molar-refractivity contribution in [2.75, 3.05) is 43.1 Å². The fraction of sp³-hybridized carbons (Fsp3) is 0.375. The number of hydrogen-bond acceptors (Lipinski definition) is 8. The largest absolute Gasteiger partial charge is 0.378 e. The van der Waals surface area contributed by atoms with Crippen molar-refractivity contribution in [1.29, 1.82) is 0 Å². The Balaban J connectivity index is 1.11. The first-order chi connectivity index (χ1) is 16.7. The lowest BCUT2D eigenvalue weighted by atomic mass is 10.1. The van der Waals surface area contributed by atoms with Gasteiger partial charge in [0, 0.05) is 37.1 Å². The Morgan fingerprint density at radius 1 is 1.06 bits per heavy atom. The highest BCUT2D eigenvalue weighted by atomic mass is 32.1. The van der Waals surface area contributed by atoms with Crippen LogP contribution in [0.1, 0.15) is 35.2 Å². The molecule has 5 heterocycles. The normalized spacial score (nSPS) is 18.9. The fourth-order valence-electron chi connectivity index (χ4n) is 4.23. The molecular weight excluding hydrogens is 470 g/mol. The minimum Gasteiger partial charge on any atom is -0.378 e. The number of aromatic nitrogens is 3. The van der Waals surface area contributed by atoms with E-state index in [-0.39, 0.29) is 12.1 Å². The van der Waals surface area contributed by atoms with E-state index in [4.69, 9.17) is 19.6 Å². The molecule has 0 bridgehead atoms. The first-order valence-electron chi connectivity index (χ1n) is 11.5. The molecule has 1 amide bonds. The number of anilines is 2. The third-order valence-electron chi connectivity index (χ3n) is 6.08. The summed E-state index contributed by atoms with van der Waals surface area (Å²) in [7, 11) is 0. The minimum absolute atomic E-state index is 0.0286. The molecule has 0 saturated carbocycles. The number of amides is 1. The monoisotopic (exact) mass is 495 g/mol. The number of hydrogen-bond donors (Lipinski definition) is 1. The number of benzene rings is 1. The van der Waals surface area contributed by atoms with Crippen molar-refractivity contribution in [3.05, 3.63) is 47.5 Å². The molecule has 2 aliphatic heterocycles. The van der Waals surface area contributed by atoms with E-state index in [1.165, 1.54) is 17.8 Å². The second kappa shape index (κ2) is 9.46. The summed E-state index contributed by atoms with van der Waals surface area (Å²) in [6.07, 6.45) is 5.29. The van der Waals surface area contributed by atoms with Gasteiger partial charge in [-0.2, -0.15) is 5.10 Å². The van der Waals surface area contributed by atoms with Crippen LogP contribution in [0.4, 0.5) is 10.8 Å². The zero-order valence-corrected chi connectivity index (χ0v) is 20.2. The second-order valence-corrected chi connectivity index (χ2v) is 10.4. The van der Waals surface area contributed by atoms with Gasteiger partial charge < -0.3 is 19.7 Å². The summed E-state index contributed by atoms with van der Waals surface area (Å²) in [5.74, 6) is -0.116. The maximum Gasteiger partial charge on any atom is 0.265 e. The van der Waals surface area contributed by atoms with Gasteiger partial charge in [0.1, 0.15) is 11.1 Å². The van der Waals surface area contributed by atoms with Crippen molar-refractivity contribution in [3.63, 3.8) is 0 Å². The number of thiazole rings is 1. The van der Waals surface area contributed by atoms with Crippen molar-refractivity contribution in [1.82, 2.24) is 14.8 Å². The van der Waals surface area contributed by atoms with Gasteiger partial charge in [0.15, 0.2) is 5.13 Å².